The number of hydrogen-bond acceptors (Lipinski definition) is 5. The summed E-state index contributed by atoms with van der Waals surface area (Å²) in [7, 11) is 5.83. The quantitative estimate of drug-likeness (QED) is 0.499. The first-order chi connectivity index (χ1) is 11.5. The van der Waals surface area contributed by atoms with Crippen LogP contribution in [0.25, 0.3) is 0 Å². The molecule has 1 atom stereocenters. The lowest BCUT2D eigenvalue weighted by atomic mass is 10.2. The van der Waals surface area contributed by atoms with Crippen LogP contribution >= 0.6 is 11.3 Å². The number of nitrogens with one attached hydrogen (secondary N) is 2. The van der Waals surface area contributed by atoms with Crippen molar-refractivity contribution >= 4 is 22.4 Å². The zero-order valence-corrected chi connectivity index (χ0v) is 16.9. The molecule has 1 unspecified atom stereocenters. The molecule has 0 bridgehead atoms. The van der Waals surface area contributed by atoms with Crippen LogP contribution in [0.5, 0.6) is 0 Å². The fraction of sp³-hybridized carbons (Fsp3) is 0.765. The van der Waals surface area contributed by atoms with Gasteiger partial charge in [0.15, 0.2) is 11.1 Å². The SMILES string of the molecule is CCN(CC)CCCC(C)NC(=NC)NCc1csc(N(C)C)n1. The van der Waals surface area contributed by atoms with E-state index in [1.807, 2.05) is 26.0 Å². The number of aliphatic imine (C=N–C) groups is 1. The molecular formula is C17H34N6S. The van der Waals surface area contributed by atoms with Crippen molar-refractivity contribution in [3.8, 4) is 0 Å². The van der Waals surface area contributed by atoms with Crippen molar-refractivity contribution in [2.45, 2.75) is 46.2 Å². The largest absolute Gasteiger partial charge is 0.354 e. The van der Waals surface area contributed by atoms with Gasteiger partial charge in [-0.1, -0.05) is 13.8 Å². The van der Waals surface area contributed by atoms with E-state index in [4.69, 9.17) is 0 Å². The molecule has 7 heteroatoms. The third kappa shape index (κ3) is 7.49. The Labute approximate surface area is 151 Å². The summed E-state index contributed by atoms with van der Waals surface area (Å²) in [6, 6.07) is 0.402. The van der Waals surface area contributed by atoms with Gasteiger partial charge in [0.1, 0.15) is 0 Å². The van der Waals surface area contributed by atoms with Crippen LogP contribution < -0.4 is 15.5 Å². The lowest BCUT2D eigenvalue weighted by molar-refractivity contribution is 0.292. The van der Waals surface area contributed by atoms with Crippen LogP contribution in [0.2, 0.25) is 0 Å². The molecule has 6 nitrogen and oxygen atoms in total. The van der Waals surface area contributed by atoms with Crippen LogP contribution in [-0.2, 0) is 6.54 Å². The van der Waals surface area contributed by atoms with Gasteiger partial charge >= 0.3 is 0 Å². The summed E-state index contributed by atoms with van der Waals surface area (Å²) in [6.45, 7) is 10.8. The fourth-order valence-corrected chi connectivity index (χ4v) is 3.18. The van der Waals surface area contributed by atoms with Crippen LogP contribution in [0.1, 0.15) is 39.3 Å². The molecule has 0 aliphatic heterocycles. The minimum Gasteiger partial charge on any atom is -0.354 e. The van der Waals surface area contributed by atoms with Crippen molar-refractivity contribution in [1.82, 2.24) is 20.5 Å². The van der Waals surface area contributed by atoms with Gasteiger partial charge in [-0.15, -0.1) is 11.3 Å². The van der Waals surface area contributed by atoms with E-state index in [-0.39, 0.29) is 0 Å². The first-order valence-electron chi connectivity index (χ1n) is 8.81. The van der Waals surface area contributed by atoms with Crippen molar-refractivity contribution in [2.75, 3.05) is 45.7 Å². The molecule has 0 fully saturated rings. The Bertz CT molecular complexity index is 481. The Hall–Kier alpha value is -1.34. The maximum atomic E-state index is 4.58. The van der Waals surface area contributed by atoms with Gasteiger partial charge in [-0.3, -0.25) is 4.99 Å². The minimum atomic E-state index is 0.402. The van der Waals surface area contributed by atoms with E-state index in [2.05, 4.69) is 51.7 Å². The second-order valence-corrected chi connectivity index (χ2v) is 6.99. The number of anilines is 1. The fourth-order valence-electron chi connectivity index (χ4n) is 2.42. The molecule has 1 rings (SSSR count). The monoisotopic (exact) mass is 354 g/mol. The first-order valence-corrected chi connectivity index (χ1v) is 9.69. The molecule has 1 aromatic heterocycles. The van der Waals surface area contributed by atoms with E-state index < -0.39 is 0 Å². The average molecular weight is 355 g/mol. The predicted molar refractivity (Wildman–Crippen MR) is 106 cm³/mol. The Morgan fingerprint density at radius 3 is 2.58 bits per heavy atom. The third-order valence-electron chi connectivity index (χ3n) is 3.97. The normalized spacial score (nSPS) is 13.2. The van der Waals surface area contributed by atoms with Crippen molar-refractivity contribution < 1.29 is 0 Å². The molecule has 1 heterocycles. The average Bonchev–Trinajstić information content (AvgIpc) is 3.04. The summed E-state index contributed by atoms with van der Waals surface area (Å²) in [5, 5.41) is 9.92. The van der Waals surface area contributed by atoms with Gasteiger partial charge in [-0.25, -0.2) is 4.98 Å². The van der Waals surface area contributed by atoms with Crippen LogP contribution in [0.3, 0.4) is 0 Å². The highest BCUT2D eigenvalue weighted by Crippen LogP contribution is 2.17. The molecule has 1 aromatic rings. The Morgan fingerprint density at radius 1 is 1.33 bits per heavy atom. The second kappa shape index (κ2) is 11.3. The molecule has 0 saturated heterocycles. The molecule has 138 valence electrons. The Kier molecular flexibility index (Phi) is 9.71. The zero-order chi connectivity index (χ0) is 17.9. The van der Waals surface area contributed by atoms with E-state index in [0.717, 1.165) is 42.8 Å². The molecule has 0 spiro atoms. The molecule has 0 amide bonds. The highest BCUT2D eigenvalue weighted by atomic mass is 32.1. The number of thiazole rings is 1. The Morgan fingerprint density at radius 2 is 2.04 bits per heavy atom. The zero-order valence-electron chi connectivity index (χ0n) is 16.1. The number of nitrogens with zero attached hydrogens (tertiary/aromatic N) is 4. The van der Waals surface area contributed by atoms with E-state index >= 15 is 0 Å². The Balaban J connectivity index is 2.33. The lowest BCUT2D eigenvalue weighted by Crippen LogP contribution is -2.42. The van der Waals surface area contributed by atoms with Gasteiger partial charge in [0, 0.05) is 32.6 Å². The van der Waals surface area contributed by atoms with Gasteiger partial charge < -0.3 is 20.4 Å². The van der Waals surface area contributed by atoms with Crippen LogP contribution in [-0.4, -0.2) is 62.7 Å². The second-order valence-electron chi connectivity index (χ2n) is 6.16. The third-order valence-corrected chi connectivity index (χ3v) is 5.03. The highest BCUT2D eigenvalue weighted by Gasteiger charge is 2.08. The van der Waals surface area contributed by atoms with Crippen molar-refractivity contribution in [2.24, 2.45) is 4.99 Å². The highest BCUT2D eigenvalue weighted by molar-refractivity contribution is 7.13. The topological polar surface area (TPSA) is 55.8 Å². The summed E-state index contributed by atoms with van der Waals surface area (Å²) < 4.78 is 0. The summed E-state index contributed by atoms with van der Waals surface area (Å²) in [5.41, 5.74) is 1.04. The molecule has 0 aromatic carbocycles. The smallest absolute Gasteiger partial charge is 0.191 e. The summed E-state index contributed by atoms with van der Waals surface area (Å²) in [4.78, 5) is 13.4. The van der Waals surface area contributed by atoms with E-state index in [9.17, 15) is 0 Å². The molecular weight excluding hydrogens is 320 g/mol. The van der Waals surface area contributed by atoms with Crippen LogP contribution in [0, 0.1) is 0 Å². The molecule has 24 heavy (non-hydrogen) atoms. The van der Waals surface area contributed by atoms with Gasteiger partial charge in [-0.05, 0) is 39.4 Å². The van der Waals surface area contributed by atoms with E-state index in [0.29, 0.717) is 12.6 Å². The standard InChI is InChI=1S/C17H34N6S/c1-7-23(8-2)11-9-10-14(3)20-16(18-4)19-12-15-13-24-17(21-15)22(5)6/h13-14H,7-12H2,1-6H3,(H2,18,19,20). The van der Waals surface area contributed by atoms with E-state index in [1.165, 1.54) is 6.42 Å². The molecule has 0 aliphatic rings. The van der Waals surface area contributed by atoms with Crippen LogP contribution in [0.4, 0.5) is 5.13 Å². The van der Waals surface area contributed by atoms with Crippen molar-refractivity contribution in [3.63, 3.8) is 0 Å². The van der Waals surface area contributed by atoms with Crippen LogP contribution in [0.15, 0.2) is 10.4 Å². The number of hydrogen-bond donors (Lipinski definition) is 2. The molecule has 0 radical (unpaired) electrons. The van der Waals surface area contributed by atoms with Crippen molar-refractivity contribution in [1.29, 1.82) is 0 Å². The lowest BCUT2D eigenvalue weighted by Gasteiger charge is -2.21. The molecule has 0 aliphatic carbocycles. The summed E-state index contributed by atoms with van der Waals surface area (Å²) >= 11 is 1.66. The number of rotatable bonds is 10. The van der Waals surface area contributed by atoms with Crippen molar-refractivity contribution in [3.05, 3.63) is 11.1 Å². The first kappa shape index (κ1) is 20.7. The minimum absolute atomic E-state index is 0.402. The molecule has 0 saturated carbocycles. The maximum Gasteiger partial charge on any atom is 0.191 e. The molecule has 2 N–H and O–H groups in total. The number of guanidine groups is 1. The van der Waals surface area contributed by atoms with Gasteiger partial charge in [0.2, 0.25) is 0 Å². The van der Waals surface area contributed by atoms with E-state index in [1.54, 1.807) is 11.3 Å². The van der Waals surface area contributed by atoms with Gasteiger partial charge in [-0.2, -0.15) is 0 Å². The van der Waals surface area contributed by atoms with Gasteiger partial charge in [0.25, 0.3) is 0 Å². The maximum absolute atomic E-state index is 4.58. The van der Waals surface area contributed by atoms with Gasteiger partial charge in [0.05, 0.1) is 12.2 Å². The predicted octanol–water partition coefficient (Wildman–Crippen LogP) is 2.38. The number of aromatic nitrogens is 1. The summed E-state index contributed by atoms with van der Waals surface area (Å²) in [6.07, 6.45) is 2.34. The summed E-state index contributed by atoms with van der Waals surface area (Å²) in [5.74, 6) is 0.838.